The zero-order valence-corrected chi connectivity index (χ0v) is 16.1. The van der Waals surface area contributed by atoms with E-state index in [2.05, 4.69) is 34.5 Å². The maximum atomic E-state index is 12.2. The standard InChI is InChI=1S/C20H17IN2O3/c1-2-10-23-19(24)17(22-20(23)25)12-15-8-9-18(16(21)11-15)26-13-14-6-4-3-5-7-14/h2-9,11-12H,1,10,13H2,(H,22,25)/b17-12+. The number of amides is 3. The Bertz CT molecular complexity index is 878. The zero-order valence-electron chi connectivity index (χ0n) is 13.9. The minimum Gasteiger partial charge on any atom is -0.488 e. The Labute approximate surface area is 165 Å². The lowest BCUT2D eigenvalue weighted by Crippen LogP contribution is -2.30. The molecule has 5 nitrogen and oxygen atoms in total. The molecule has 3 amide bonds. The minimum atomic E-state index is -0.432. The molecular formula is C20H17IN2O3. The second-order valence-corrected chi connectivity index (χ2v) is 6.82. The molecule has 3 rings (SSSR count). The average molecular weight is 460 g/mol. The van der Waals surface area contributed by atoms with Crippen LogP contribution >= 0.6 is 22.6 Å². The molecule has 1 heterocycles. The highest BCUT2D eigenvalue weighted by Crippen LogP contribution is 2.25. The van der Waals surface area contributed by atoms with Crippen molar-refractivity contribution in [1.29, 1.82) is 0 Å². The second-order valence-electron chi connectivity index (χ2n) is 5.66. The molecule has 2 aromatic carbocycles. The van der Waals surface area contributed by atoms with Gasteiger partial charge in [0.05, 0.1) is 3.57 Å². The first-order chi connectivity index (χ1) is 12.6. The Balaban J connectivity index is 1.72. The average Bonchev–Trinajstić information content (AvgIpc) is 2.90. The van der Waals surface area contributed by atoms with Crippen LogP contribution in [-0.4, -0.2) is 23.4 Å². The number of benzene rings is 2. The van der Waals surface area contributed by atoms with Crippen molar-refractivity contribution >= 4 is 40.6 Å². The fourth-order valence-electron chi connectivity index (χ4n) is 2.49. The number of hydrogen-bond donors (Lipinski definition) is 1. The van der Waals surface area contributed by atoms with Gasteiger partial charge < -0.3 is 10.1 Å². The van der Waals surface area contributed by atoms with Crippen LogP contribution in [0.3, 0.4) is 0 Å². The molecule has 132 valence electrons. The number of imide groups is 1. The molecule has 0 atom stereocenters. The van der Waals surface area contributed by atoms with Gasteiger partial charge in [-0.3, -0.25) is 9.69 Å². The quantitative estimate of drug-likeness (QED) is 0.308. The molecule has 1 N–H and O–H groups in total. The van der Waals surface area contributed by atoms with Crippen molar-refractivity contribution in [1.82, 2.24) is 10.2 Å². The van der Waals surface area contributed by atoms with Gasteiger partial charge in [-0.05, 0) is 51.9 Å². The molecule has 0 spiro atoms. The maximum Gasteiger partial charge on any atom is 0.329 e. The Hall–Kier alpha value is -2.61. The van der Waals surface area contributed by atoms with Gasteiger partial charge in [0.1, 0.15) is 18.1 Å². The third-order valence-electron chi connectivity index (χ3n) is 3.78. The number of hydrogen-bond acceptors (Lipinski definition) is 3. The summed E-state index contributed by atoms with van der Waals surface area (Å²) in [7, 11) is 0. The Morgan fingerprint density at radius 1 is 1.15 bits per heavy atom. The highest BCUT2D eigenvalue weighted by Gasteiger charge is 2.32. The van der Waals surface area contributed by atoms with E-state index in [4.69, 9.17) is 4.74 Å². The van der Waals surface area contributed by atoms with Crippen LogP contribution in [-0.2, 0) is 11.4 Å². The van der Waals surface area contributed by atoms with Crippen molar-refractivity contribution in [3.8, 4) is 5.75 Å². The molecule has 1 aliphatic rings. The van der Waals surface area contributed by atoms with E-state index >= 15 is 0 Å². The molecular weight excluding hydrogens is 443 g/mol. The molecule has 0 aromatic heterocycles. The Morgan fingerprint density at radius 2 is 1.92 bits per heavy atom. The maximum absolute atomic E-state index is 12.2. The topological polar surface area (TPSA) is 58.6 Å². The number of rotatable bonds is 6. The van der Waals surface area contributed by atoms with Crippen LogP contribution in [0.2, 0.25) is 0 Å². The van der Waals surface area contributed by atoms with E-state index in [0.29, 0.717) is 6.61 Å². The highest BCUT2D eigenvalue weighted by atomic mass is 127. The number of ether oxygens (including phenoxy) is 1. The van der Waals surface area contributed by atoms with E-state index in [9.17, 15) is 9.59 Å². The summed E-state index contributed by atoms with van der Waals surface area (Å²) in [5.74, 6) is 0.418. The number of halogens is 1. The molecule has 1 saturated heterocycles. The third-order valence-corrected chi connectivity index (χ3v) is 4.62. The smallest absolute Gasteiger partial charge is 0.329 e. The molecule has 1 aliphatic heterocycles. The number of carbonyl (C=O) groups excluding carboxylic acids is 2. The number of carbonyl (C=O) groups is 2. The molecule has 1 fully saturated rings. The van der Waals surface area contributed by atoms with Crippen LogP contribution in [0.5, 0.6) is 5.75 Å². The number of urea groups is 1. The first kappa shape index (κ1) is 18.2. The van der Waals surface area contributed by atoms with Gasteiger partial charge in [-0.2, -0.15) is 0 Å². The summed E-state index contributed by atoms with van der Waals surface area (Å²) in [5.41, 5.74) is 2.16. The fraction of sp³-hybridized carbons (Fsp3) is 0.100. The summed E-state index contributed by atoms with van der Waals surface area (Å²) in [6.45, 7) is 4.23. The van der Waals surface area contributed by atoms with Gasteiger partial charge in [0.15, 0.2) is 0 Å². The van der Waals surface area contributed by atoms with Crippen molar-refractivity contribution in [2.75, 3.05) is 6.54 Å². The van der Waals surface area contributed by atoms with Gasteiger partial charge in [0.2, 0.25) is 0 Å². The molecule has 0 aliphatic carbocycles. The minimum absolute atomic E-state index is 0.186. The summed E-state index contributed by atoms with van der Waals surface area (Å²) in [4.78, 5) is 25.1. The van der Waals surface area contributed by atoms with E-state index in [1.165, 1.54) is 6.08 Å². The monoisotopic (exact) mass is 460 g/mol. The van der Waals surface area contributed by atoms with E-state index < -0.39 is 6.03 Å². The van der Waals surface area contributed by atoms with Gasteiger partial charge in [-0.1, -0.05) is 42.5 Å². The summed E-state index contributed by atoms with van der Waals surface area (Å²) in [6, 6.07) is 15.1. The third kappa shape index (κ3) is 4.13. The van der Waals surface area contributed by atoms with E-state index in [-0.39, 0.29) is 18.1 Å². The van der Waals surface area contributed by atoms with Gasteiger partial charge in [-0.25, -0.2) is 4.79 Å². The van der Waals surface area contributed by atoms with Crippen LogP contribution in [0.15, 0.2) is 66.9 Å². The van der Waals surface area contributed by atoms with Crippen LogP contribution in [0.4, 0.5) is 4.79 Å². The van der Waals surface area contributed by atoms with Crippen molar-refractivity contribution < 1.29 is 14.3 Å². The van der Waals surface area contributed by atoms with Crippen LogP contribution in [0.1, 0.15) is 11.1 Å². The zero-order chi connectivity index (χ0) is 18.5. The highest BCUT2D eigenvalue weighted by molar-refractivity contribution is 14.1. The molecule has 26 heavy (non-hydrogen) atoms. The van der Waals surface area contributed by atoms with Gasteiger partial charge in [0.25, 0.3) is 5.91 Å². The Kier molecular flexibility index (Phi) is 5.72. The normalized spacial score (nSPS) is 15.3. The van der Waals surface area contributed by atoms with Crippen LogP contribution in [0.25, 0.3) is 6.08 Å². The first-order valence-corrected chi connectivity index (χ1v) is 9.08. The summed E-state index contributed by atoms with van der Waals surface area (Å²) < 4.78 is 6.77. The number of nitrogens with one attached hydrogen (secondary N) is 1. The van der Waals surface area contributed by atoms with Crippen LogP contribution < -0.4 is 10.1 Å². The summed E-state index contributed by atoms with van der Waals surface area (Å²) >= 11 is 2.19. The van der Waals surface area contributed by atoms with Crippen molar-refractivity contribution in [2.45, 2.75) is 6.61 Å². The van der Waals surface area contributed by atoms with Crippen LogP contribution in [0, 0.1) is 3.57 Å². The molecule has 0 saturated carbocycles. The van der Waals surface area contributed by atoms with Crippen molar-refractivity contribution in [2.24, 2.45) is 0 Å². The lowest BCUT2D eigenvalue weighted by molar-refractivity contribution is -0.122. The fourth-order valence-corrected chi connectivity index (χ4v) is 3.19. The SMILES string of the molecule is C=CCN1C(=O)N/C(=C/c2ccc(OCc3ccccc3)c(I)c2)C1=O. The largest absolute Gasteiger partial charge is 0.488 e. The Morgan fingerprint density at radius 3 is 2.62 bits per heavy atom. The summed E-state index contributed by atoms with van der Waals surface area (Å²) in [6.07, 6.45) is 3.18. The van der Waals surface area contributed by atoms with Gasteiger partial charge >= 0.3 is 6.03 Å². The molecule has 0 unspecified atom stereocenters. The molecule has 6 heteroatoms. The molecule has 0 bridgehead atoms. The van der Waals surface area contributed by atoms with Gasteiger partial charge in [0, 0.05) is 6.54 Å². The predicted octanol–water partition coefficient (Wildman–Crippen LogP) is 3.95. The molecule has 0 radical (unpaired) electrons. The van der Waals surface area contributed by atoms with E-state index in [1.54, 1.807) is 6.08 Å². The lowest BCUT2D eigenvalue weighted by atomic mass is 10.2. The van der Waals surface area contributed by atoms with E-state index in [0.717, 1.165) is 25.3 Å². The molecule has 2 aromatic rings. The number of nitrogens with zero attached hydrogens (tertiary/aromatic N) is 1. The van der Waals surface area contributed by atoms with Crippen molar-refractivity contribution in [3.05, 3.63) is 81.6 Å². The van der Waals surface area contributed by atoms with Gasteiger partial charge in [-0.15, -0.1) is 6.58 Å². The van der Waals surface area contributed by atoms with Crippen molar-refractivity contribution in [3.63, 3.8) is 0 Å². The first-order valence-electron chi connectivity index (χ1n) is 8.00. The summed E-state index contributed by atoms with van der Waals surface area (Å²) in [5, 5.41) is 2.58. The second kappa shape index (κ2) is 8.18. The van der Waals surface area contributed by atoms with E-state index in [1.807, 2.05) is 48.5 Å². The predicted molar refractivity (Wildman–Crippen MR) is 108 cm³/mol. The lowest BCUT2D eigenvalue weighted by Gasteiger charge is -2.09.